The normalized spacial score (nSPS) is 10.2. The maximum absolute atomic E-state index is 3.13. The summed E-state index contributed by atoms with van der Waals surface area (Å²) in [5.74, 6) is 0. The van der Waals surface area contributed by atoms with Crippen molar-refractivity contribution in [3.8, 4) is 0 Å². The standard InChI is InChI=1S/C10H12Se2/c1-3-7-5-6-8(4-2)10(12)9(7)11/h5-6H,3-4H2,1-2H3. The number of benzene rings is 1. The van der Waals surface area contributed by atoms with Gasteiger partial charge in [0.15, 0.2) is 0 Å². The summed E-state index contributed by atoms with van der Waals surface area (Å²) in [4.78, 5) is 0. The summed E-state index contributed by atoms with van der Waals surface area (Å²) in [6, 6.07) is 4.43. The van der Waals surface area contributed by atoms with Crippen LogP contribution in [0, 0.1) is 0 Å². The molecule has 64 valence electrons. The number of aryl methyl sites for hydroxylation is 2. The van der Waals surface area contributed by atoms with Crippen LogP contribution in [-0.4, -0.2) is 32.0 Å². The Morgan fingerprint density at radius 1 is 0.917 bits per heavy atom. The molecule has 1 aromatic rings. The van der Waals surface area contributed by atoms with Gasteiger partial charge in [0.2, 0.25) is 0 Å². The van der Waals surface area contributed by atoms with Gasteiger partial charge in [-0.05, 0) is 0 Å². The van der Waals surface area contributed by atoms with Crippen molar-refractivity contribution in [2.24, 2.45) is 0 Å². The van der Waals surface area contributed by atoms with Crippen molar-refractivity contribution in [2.45, 2.75) is 26.7 Å². The fourth-order valence-electron chi connectivity index (χ4n) is 1.20. The first-order valence-electron chi connectivity index (χ1n) is 4.19. The second-order valence-electron chi connectivity index (χ2n) is 2.75. The Morgan fingerprint density at radius 3 is 1.50 bits per heavy atom. The zero-order valence-corrected chi connectivity index (χ0v) is 10.8. The predicted molar refractivity (Wildman–Crippen MR) is 56.0 cm³/mol. The van der Waals surface area contributed by atoms with Gasteiger partial charge in [0.05, 0.1) is 0 Å². The third kappa shape index (κ3) is 1.95. The molecule has 0 heterocycles. The average Bonchev–Trinajstić information content (AvgIpc) is 2.10. The molecule has 0 amide bonds. The van der Waals surface area contributed by atoms with E-state index in [-0.39, 0.29) is 0 Å². The minimum atomic E-state index is 1.10. The van der Waals surface area contributed by atoms with Crippen molar-refractivity contribution in [3.05, 3.63) is 23.3 Å². The first-order chi connectivity index (χ1) is 5.70. The molecule has 0 bridgehead atoms. The van der Waals surface area contributed by atoms with Crippen LogP contribution < -0.4 is 8.92 Å². The molecule has 0 aliphatic rings. The van der Waals surface area contributed by atoms with Crippen LogP contribution in [0.25, 0.3) is 0 Å². The molecule has 0 saturated carbocycles. The Bertz CT molecular complexity index is 250. The predicted octanol–water partition coefficient (Wildman–Crippen LogP) is 0.399. The molecule has 0 nitrogen and oxygen atoms in total. The Hall–Kier alpha value is 0.259. The third-order valence-corrected chi connectivity index (χ3v) is 4.65. The van der Waals surface area contributed by atoms with E-state index in [1.165, 1.54) is 20.1 Å². The molecule has 12 heavy (non-hydrogen) atoms. The molecule has 0 N–H and O–H groups in total. The van der Waals surface area contributed by atoms with Crippen molar-refractivity contribution in [2.75, 3.05) is 0 Å². The Morgan fingerprint density at radius 2 is 1.25 bits per heavy atom. The fraction of sp³-hybridized carbons (Fsp3) is 0.400. The van der Waals surface area contributed by atoms with E-state index in [0.29, 0.717) is 0 Å². The van der Waals surface area contributed by atoms with Crippen molar-refractivity contribution in [3.63, 3.8) is 0 Å². The Labute approximate surface area is 90.8 Å². The molecule has 1 rings (SSSR count). The monoisotopic (exact) mass is 292 g/mol. The van der Waals surface area contributed by atoms with Crippen LogP contribution >= 0.6 is 0 Å². The van der Waals surface area contributed by atoms with Crippen LogP contribution in [0.15, 0.2) is 12.1 Å². The molecule has 0 aromatic heterocycles. The van der Waals surface area contributed by atoms with Crippen molar-refractivity contribution in [1.82, 2.24) is 0 Å². The summed E-state index contributed by atoms with van der Waals surface area (Å²) < 4.78 is 2.61. The second-order valence-corrected chi connectivity index (χ2v) is 4.46. The minimum absolute atomic E-state index is 1.10. The van der Waals surface area contributed by atoms with Gasteiger partial charge in [0.1, 0.15) is 0 Å². The summed E-state index contributed by atoms with van der Waals surface area (Å²) >= 11 is 6.27. The molecule has 0 saturated heterocycles. The van der Waals surface area contributed by atoms with Crippen LogP contribution in [0.4, 0.5) is 0 Å². The van der Waals surface area contributed by atoms with E-state index in [1.807, 2.05) is 0 Å². The summed E-state index contributed by atoms with van der Waals surface area (Å²) in [5, 5.41) is 0. The first kappa shape index (κ1) is 10.3. The second kappa shape index (κ2) is 4.48. The van der Waals surface area contributed by atoms with Gasteiger partial charge in [-0.1, -0.05) is 0 Å². The van der Waals surface area contributed by atoms with Gasteiger partial charge in [-0.15, -0.1) is 0 Å². The summed E-state index contributed by atoms with van der Waals surface area (Å²) in [6.07, 6.45) is 2.20. The van der Waals surface area contributed by atoms with E-state index >= 15 is 0 Å². The molecule has 0 aliphatic carbocycles. The molecule has 2 radical (unpaired) electrons. The number of rotatable bonds is 2. The first-order valence-corrected chi connectivity index (χ1v) is 5.90. The third-order valence-electron chi connectivity index (χ3n) is 2.04. The molecule has 1 aromatic carbocycles. The summed E-state index contributed by atoms with van der Waals surface area (Å²) in [7, 11) is 0. The van der Waals surface area contributed by atoms with E-state index < -0.39 is 0 Å². The van der Waals surface area contributed by atoms with Crippen LogP contribution in [0.3, 0.4) is 0 Å². The zero-order valence-electron chi connectivity index (χ0n) is 7.39. The van der Waals surface area contributed by atoms with Crippen molar-refractivity contribution < 1.29 is 0 Å². The molecule has 2 heteroatoms. The van der Waals surface area contributed by atoms with E-state index in [0.717, 1.165) is 12.8 Å². The van der Waals surface area contributed by atoms with Crippen LogP contribution in [0.1, 0.15) is 25.0 Å². The van der Waals surface area contributed by atoms with Gasteiger partial charge in [-0.25, -0.2) is 0 Å². The van der Waals surface area contributed by atoms with Gasteiger partial charge in [-0.2, -0.15) is 0 Å². The maximum atomic E-state index is 3.13. The number of hydrogen-bond acceptors (Lipinski definition) is 0. The van der Waals surface area contributed by atoms with Crippen LogP contribution in [0.5, 0.6) is 0 Å². The van der Waals surface area contributed by atoms with E-state index in [1.54, 1.807) is 0 Å². The molecule has 0 fully saturated rings. The van der Waals surface area contributed by atoms with E-state index in [2.05, 4.69) is 58.0 Å². The topological polar surface area (TPSA) is 0 Å². The molecular weight excluding hydrogens is 278 g/mol. The molecular formula is C10H12Se2. The van der Waals surface area contributed by atoms with Crippen LogP contribution in [-0.2, 0) is 12.8 Å². The van der Waals surface area contributed by atoms with Crippen molar-refractivity contribution in [1.29, 1.82) is 0 Å². The van der Waals surface area contributed by atoms with Crippen LogP contribution in [0.2, 0.25) is 0 Å². The SMILES string of the molecule is CCc1ccc(CC)c([Se])c1[Se]. The Balaban J connectivity index is 3.20. The summed E-state index contributed by atoms with van der Waals surface area (Å²) in [5.41, 5.74) is 2.81. The zero-order chi connectivity index (χ0) is 9.14. The molecule has 0 unspecified atom stereocenters. The quantitative estimate of drug-likeness (QED) is 0.692. The van der Waals surface area contributed by atoms with Gasteiger partial charge in [0, 0.05) is 0 Å². The average molecular weight is 290 g/mol. The molecule has 0 aliphatic heterocycles. The molecule has 0 spiro atoms. The van der Waals surface area contributed by atoms with Crippen molar-refractivity contribution >= 4 is 40.9 Å². The summed E-state index contributed by atoms with van der Waals surface area (Å²) in [6.45, 7) is 4.36. The van der Waals surface area contributed by atoms with Gasteiger partial charge >= 0.3 is 90.9 Å². The molecule has 0 atom stereocenters. The van der Waals surface area contributed by atoms with Gasteiger partial charge in [-0.3, -0.25) is 0 Å². The fourth-order valence-corrected chi connectivity index (χ4v) is 2.64. The van der Waals surface area contributed by atoms with E-state index in [9.17, 15) is 0 Å². The van der Waals surface area contributed by atoms with Gasteiger partial charge < -0.3 is 0 Å². The van der Waals surface area contributed by atoms with E-state index in [4.69, 9.17) is 0 Å². The van der Waals surface area contributed by atoms with Gasteiger partial charge in [0.25, 0.3) is 0 Å². The number of hydrogen-bond donors (Lipinski definition) is 0. The Kier molecular flexibility index (Phi) is 3.86.